The van der Waals surface area contributed by atoms with E-state index in [1.165, 1.54) is 16.7 Å². The average Bonchev–Trinajstić information content (AvgIpc) is 3.35. The number of fused-ring (bicyclic) bond motifs is 1. The summed E-state index contributed by atoms with van der Waals surface area (Å²) < 4.78 is 6.19. The quantitative estimate of drug-likeness (QED) is 0.378. The smallest absolute Gasteiger partial charge is 0.225 e. The van der Waals surface area contributed by atoms with E-state index >= 15 is 0 Å². The molecule has 1 atom stereocenters. The molecule has 1 saturated heterocycles. The number of aliphatic hydroxyl groups is 1. The van der Waals surface area contributed by atoms with Crippen LogP contribution in [-0.2, 0) is 10.4 Å². The van der Waals surface area contributed by atoms with Crippen LogP contribution >= 0.6 is 11.6 Å². The van der Waals surface area contributed by atoms with Crippen LogP contribution in [-0.4, -0.2) is 65.9 Å². The maximum absolute atomic E-state index is 13.3. The Kier molecular flexibility index (Phi) is 9.22. The maximum atomic E-state index is 13.3. The van der Waals surface area contributed by atoms with Crippen molar-refractivity contribution in [1.82, 2.24) is 9.80 Å². The van der Waals surface area contributed by atoms with Crippen LogP contribution in [0.5, 0.6) is 5.75 Å². The highest BCUT2D eigenvalue weighted by Gasteiger charge is 2.32. The van der Waals surface area contributed by atoms with Gasteiger partial charge in [-0.25, -0.2) is 0 Å². The first-order chi connectivity index (χ1) is 19.6. The van der Waals surface area contributed by atoms with E-state index in [1.807, 2.05) is 52.1 Å². The van der Waals surface area contributed by atoms with Gasteiger partial charge in [0.1, 0.15) is 12.4 Å². The predicted octanol–water partition coefficient (Wildman–Crippen LogP) is 6.60. The van der Waals surface area contributed by atoms with Crippen LogP contribution in [0.1, 0.15) is 77.3 Å². The molecule has 1 aromatic carbocycles. The largest absolute Gasteiger partial charge is 0.487 e. The van der Waals surface area contributed by atoms with Crippen LogP contribution in [0.15, 0.2) is 63.3 Å². The minimum absolute atomic E-state index is 0.0240. The van der Waals surface area contributed by atoms with E-state index in [0.717, 1.165) is 85.8 Å². The molecular weight excluding hydrogens is 534 g/mol. The van der Waals surface area contributed by atoms with E-state index in [2.05, 4.69) is 33.0 Å². The molecular formula is C34H44ClN3O3. The molecule has 1 amide bonds. The van der Waals surface area contributed by atoms with Gasteiger partial charge in [0.25, 0.3) is 0 Å². The third-order valence-corrected chi connectivity index (χ3v) is 8.92. The molecule has 1 aromatic rings. The molecule has 5 rings (SSSR count). The molecule has 0 spiro atoms. The summed E-state index contributed by atoms with van der Waals surface area (Å²) in [6, 6.07) is 6.24. The highest BCUT2D eigenvalue weighted by atomic mass is 35.5. The van der Waals surface area contributed by atoms with Gasteiger partial charge in [-0.2, -0.15) is 0 Å². The van der Waals surface area contributed by atoms with Crippen molar-refractivity contribution in [1.29, 1.82) is 0 Å². The van der Waals surface area contributed by atoms with Crippen LogP contribution in [0.2, 0.25) is 0 Å². The van der Waals surface area contributed by atoms with Crippen LogP contribution in [0.4, 0.5) is 0 Å². The van der Waals surface area contributed by atoms with Gasteiger partial charge in [-0.15, -0.1) is 0 Å². The average molecular weight is 578 g/mol. The molecule has 220 valence electrons. The molecule has 0 bridgehead atoms. The summed E-state index contributed by atoms with van der Waals surface area (Å²) >= 11 is 6.18. The van der Waals surface area contributed by atoms with Crippen LogP contribution in [0, 0.1) is 5.92 Å². The number of allylic oxidation sites excluding steroid dienone is 5. The number of hydrogen-bond donors (Lipinski definition) is 1. The first-order valence-corrected chi connectivity index (χ1v) is 15.5. The fraction of sp³-hybridized carbons (Fsp3) is 0.529. The highest BCUT2D eigenvalue weighted by Crippen LogP contribution is 2.41. The zero-order chi connectivity index (χ0) is 29.1. The summed E-state index contributed by atoms with van der Waals surface area (Å²) in [5.41, 5.74) is 5.69. The topological polar surface area (TPSA) is 65.4 Å². The molecule has 3 aliphatic heterocycles. The highest BCUT2D eigenvalue weighted by molar-refractivity contribution is 6.29. The van der Waals surface area contributed by atoms with Gasteiger partial charge in [-0.1, -0.05) is 49.2 Å². The molecule has 0 radical (unpaired) electrons. The van der Waals surface area contributed by atoms with Gasteiger partial charge < -0.3 is 19.6 Å². The first kappa shape index (κ1) is 29.8. The summed E-state index contributed by atoms with van der Waals surface area (Å²) in [7, 11) is 0. The lowest BCUT2D eigenvalue weighted by Crippen LogP contribution is -2.45. The Morgan fingerprint density at radius 2 is 2.10 bits per heavy atom. The van der Waals surface area contributed by atoms with Gasteiger partial charge in [0.15, 0.2) is 0 Å². The fourth-order valence-corrected chi connectivity index (χ4v) is 6.35. The van der Waals surface area contributed by atoms with E-state index in [0.29, 0.717) is 13.2 Å². The molecule has 41 heavy (non-hydrogen) atoms. The van der Waals surface area contributed by atoms with Crippen molar-refractivity contribution in [2.24, 2.45) is 10.9 Å². The maximum Gasteiger partial charge on any atom is 0.225 e. The summed E-state index contributed by atoms with van der Waals surface area (Å²) in [5.74, 6) is 1.05. The van der Waals surface area contributed by atoms with E-state index < -0.39 is 5.60 Å². The third kappa shape index (κ3) is 7.04. The standard InChI is InChI=1S/C34H44ClN3O3/c1-23(2)33(39)38(20-24-9-12-26(35)13-10-24)27-15-18-37(21-27)17-6-8-28-29-7-5-16-36-31(29)22-41-32-14-11-25(19-30(28)32)34(3,4)40/h8-9,11-12,14,16,19,23,27,40H,5-7,10,13,15,17-18,20-22H2,1-4H3/b28-8+/t27-/m0/s1. The Labute approximate surface area is 250 Å². The second-order valence-corrected chi connectivity index (χ2v) is 13.0. The molecule has 6 nitrogen and oxygen atoms in total. The molecule has 0 unspecified atom stereocenters. The number of halogens is 1. The zero-order valence-corrected chi connectivity index (χ0v) is 25.7. The second kappa shape index (κ2) is 12.7. The van der Waals surface area contributed by atoms with Gasteiger partial charge in [0.2, 0.25) is 5.91 Å². The number of hydrogen-bond acceptors (Lipinski definition) is 5. The lowest BCUT2D eigenvalue weighted by molar-refractivity contribution is -0.136. The van der Waals surface area contributed by atoms with Crippen molar-refractivity contribution in [2.75, 3.05) is 32.8 Å². The van der Waals surface area contributed by atoms with Crippen LogP contribution in [0.25, 0.3) is 5.57 Å². The van der Waals surface area contributed by atoms with Crippen LogP contribution < -0.4 is 4.74 Å². The second-order valence-electron chi connectivity index (χ2n) is 12.5. The van der Waals surface area contributed by atoms with Gasteiger partial charge >= 0.3 is 0 Å². The SMILES string of the molecule is CC(C)C(=O)N(CC1=CC=C(Cl)CC1)[C@H]1CCN(CC/C=C2\C3=C(COc4ccc(C(C)(C)O)cc42)N=CCC3)C1. The number of aliphatic imine (C=N–C) groups is 1. The van der Waals surface area contributed by atoms with Crippen molar-refractivity contribution in [2.45, 2.75) is 77.9 Å². The Balaban J connectivity index is 1.32. The number of likely N-dealkylation sites (tertiary alicyclic amines) is 1. The number of amides is 1. The Morgan fingerprint density at radius 3 is 2.83 bits per heavy atom. The Bertz CT molecular complexity index is 1310. The minimum atomic E-state index is -0.936. The van der Waals surface area contributed by atoms with E-state index in [9.17, 15) is 9.90 Å². The number of nitrogens with zero attached hydrogens (tertiary/aromatic N) is 3. The van der Waals surface area contributed by atoms with Crippen molar-refractivity contribution in [3.8, 4) is 5.75 Å². The van der Waals surface area contributed by atoms with E-state index in [-0.39, 0.29) is 17.9 Å². The molecule has 1 aliphatic carbocycles. The summed E-state index contributed by atoms with van der Waals surface area (Å²) in [5, 5.41) is 11.6. The van der Waals surface area contributed by atoms with Gasteiger partial charge in [-0.3, -0.25) is 9.79 Å². The molecule has 1 N–H and O–H groups in total. The van der Waals surface area contributed by atoms with Crippen molar-refractivity contribution < 1.29 is 14.6 Å². The summed E-state index contributed by atoms with van der Waals surface area (Å²) in [6.07, 6.45) is 13.9. The molecule has 1 fully saturated rings. The number of rotatable bonds is 8. The van der Waals surface area contributed by atoms with Gasteiger partial charge in [-0.05, 0) is 87.3 Å². The Morgan fingerprint density at radius 1 is 1.27 bits per heavy atom. The zero-order valence-electron chi connectivity index (χ0n) is 25.0. The fourth-order valence-electron chi connectivity index (χ4n) is 6.19. The number of carbonyl (C=O) groups is 1. The molecule has 7 heteroatoms. The molecule has 0 aromatic heterocycles. The lowest BCUT2D eigenvalue weighted by Gasteiger charge is -2.32. The van der Waals surface area contributed by atoms with Crippen LogP contribution in [0.3, 0.4) is 0 Å². The third-order valence-electron chi connectivity index (χ3n) is 8.60. The van der Waals surface area contributed by atoms with Crippen molar-refractivity contribution >= 4 is 29.3 Å². The van der Waals surface area contributed by atoms with E-state index in [4.69, 9.17) is 16.3 Å². The Hall–Kier alpha value is -2.67. The predicted molar refractivity (Wildman–Crippen MR) is 167 cm³/mol. The van der Waals surface area contributed by atoms with Crippen molar-refractivity contribution in [3.05, 3.63) is 69.4 Å². The van der Waals surface area contributed by atoms with E-state index in [1.54, 1.807) is 0 Å². The minimum Gasteiger partial charge on any atom is -0.487 e. The molecule has 3 heterocycles. The number of carbonyl (C=O) groups excluding carboxylic acids is 1. The van der Waals surface area contributed by atoms with Gasteiger partial charge in [0, 0.05) is 54.9 Å². The molecule has 4 aliphatic rings. The van der Waals surface area contributed by atoms with Gasteiger partial charge in [0.05, 0.1) is 11.3 Å². The summed E-state index contributed by atoms with van der Waals surface area (Å²) in [6.45, 7) is 11.6. The first-order valence-electron chi connectivity index (χ1n) is 15.1. The number of ether oxygens (including phenoxy) is 1. The monoisotopic (exact) mass is 577 g/mol. The lowest BCUT2D eigenvalue weighted by atomic mass is 9.88. The number of benzene rings is 1. The normalized spacial score (nSPS) is 22.2. The van der Waals surface area contributed by atoms with Crippen molar-refractivity contribution in [3.63, 3.8) is 0 Å². The summed E-state index contributed by atoms with van der Waals surface area (Å²) in [4.78, 5) is 22.6. The molecule has 0 saturated carbocycles.